The van der Waals surface area contributed by atoms with Gasteiger partial charge in [0, 0.05) is 24.9 Å². The lowest BCUT2D eigenvalue weighted by molar-refractivity contribution is -0.275. The second kappa shape index (κ2) is 4.82. The fourth-order valence-corrected chi connectivity index (χ4v) is 8.93. The predicted molar refractivity (Wildman–Crippen MR) is 97.2 cm³/mol. The molecular weight excluding hydrogens is 326 g/mol. The number of hydrogen-bond donors (Lipinski definition) is 1. The third-order valence-electron chi connectivity index (χ3n) is 9.83. The van der Waals surface area contributed by atoms with E-state index in [0.29, 0.717) is 30.0 Å². The van der Waals surface area contributed by atoms with Crippen LogP contribution in [-0.4, -0.2) is 47.8 Å². The van der Waals surface area contributed by atoms with Crippen molar-refractivity contribution in [3.8, 4) is 0 Å². The first kappa shape index (κ1) is 16.3. The van der Waals surface area contributed by atoms with Crippen molar-refractivity contribution in [2.45, 2.75) is 64.2 Å². The lowest BCUT2D eigenvalue weighted by Gasteiger charge is -2.72. The van der Waals surface area contributed by atoms with Crippen LogP contribution in [-0.2, 0) is 9.53 Å². The molecule has 0 amide bonds. The molecule has 0 aromatic heterocycles. The monoisotopic (exact) mass is 357 g/mol. The van der Waals surface area contributed by atoms with Gasteiger partial charge < -0.3 is 9.84 Å². The van der Waals surface area contributed by atoms with Gasteiger partial charge >= 0.3 is 0 Å². The highest BCUT2D eigenvalue weighted by Crippen LogP contribution is 2.73. The van der Waals surface area contributed by atoms with Crippen molar-refractivity contribution < 1.29 is 14.6 Å². The summed E-state index contributed by atoms with van der Waals surface area (Å²) in [5, 5.41) is 11.4. The van der Waals surface area contributed by atoms with Gasteiger partial charge in [0.25, 0.3) is 0 Å². The Hall–Kier alpha value is -0.710. The van der Waals surface area contributed by atoms with Gasteiger partial charge in [0.1, 0.15) is 12.0 Å². The molecule has 7 fully saturated rings. The van der Waals surface area contributed by atoms with E-state index in [1.807, 2.05) is 0 Å². The topological polar surface area (TPSA) is 49.8 Å². The molecular formula is C22H31NO3. The molecule has 0 aromatic carbocycles. The number of aliphatic hydroxyl groups is 1. The molecule has 2 heterocycles. The zero-order chi connectivity index (χ0) is 17.9. The lowest BCUT2D eigenvalue weighted by atomic mass is 9.34. The highest BCUT2D eigenvalue weighted by Gasteiger charge is 2.74. The Morgan fingerprint density at radius 3 is 2.96 bits per heavy atom. The molecule has 1 N–H and O–H groups in total. The first-order valence-corrected chi connectivity index (χ1v) is 10.7. The van der Waals surface area contributed by atoms with E-state index in [1.54, 1.807) is 0 Å². The van der Waals surface area contributed by atoms with Crippen LogP contribution in [0.1, 0.15) is 51.9 Å². The molecule has 142 valence electrons. The van der Waals surface area contributed by atoms with Crippen LogP contribution in [0.15, 0.2) is 12.2 Å². The first-order valence-electron chi connectivity index (χ1n) is 10.7. The number of hydrogen-bond acceptors (Lipinski definition) is 4. The predicted octanol–water partition coefficient (Wildman–Crippen LogP) is 2.76. The van der Waals surface area contributed by atoms with Gasteiger partial charge in [0.2, 0.25) is 0 Å². The van der Waals surface area contributed by atoms with Gasteiger partial charge in [-0.2, -0.15) is 0 Å². The van der Waals surface area contributed by atoms with Crippen molar-refractivity contribution in [3.63, 3.8) is 0 Å². The molecule has 7 aliphatic rings. The van der Waals surface area contributed by atoms with Crippen molar-refractivity contribution in [1.82, 2.24) is 4.90 Å². The average molecular weight is 357 g/mol. The van der Waals surface area contributed by atoms with E-state index >= 15 is 0 Å². The molecule has 7 rings (SSSR count). The number of Topliss-reactive ketones (excluding diaryl/α,β-unsaturated/α-hetero) is 1. The Balaban J connectivity index is 1.53. The Kier molecular flexibility index (Phi) is 3.01. The normalized spacial score (nSPS) is 58.3. The molecule has 4 bridgehead atoms. The molecule has 5 aliphatic carbocycles. The van der Waals surface area contributed by atoms with E-state index in [-0.39, 0.29) is 17.1 Å². The number of fused-ring (bicyclic) bond motifs is 4. The Morgan fingerprint density at radius 1 is 1.27 bits per heavy atom. The molecule has 4 nitrogen and oxygen atoms in total. The molecule has 8 atom stereocenters. The maximum absolute atomic E-state index is 13.3. The van der Waals surface area contributed by atoms with Gasteiger partial charge in [0.15, 0.2) is 0 Å². The first-order chi connectivity index (χ1) is 12.4. The Bertz CT molecular complexity index is 706. The van der Waals surface area contributed by atoms with Crippen LogP contribution in [0.25, 0.3) is 0 Å². The third-order valence-corrected chi connectivity index (χ3v) is 9.83. The van der Waals surface area contributed by atoms with Crippen LogP contribution in [0.2, 0.25) is 0 Å². The van der Waals surface area contributed by atoms with Crippen molar-refractivity contribution in [2.24, 2.45) is 34.0 Å². The molecule has 2 saturated heterocycles. The minimum absolute atomic E-state index is 0.117. The van der Waals surface area contributed by atoms with Crippen molar-refractivity contribution in [2.75, 3.05) is 19.7 Å². The van der Waals surface area contributed by atoms with Crippen LogP contribution >= 0.6 is 0 Å². The van der Waals surface area contributed by atoms with Crippen LogP contribution in [0.5, 0.6) is 0 Å². The fourth-order valence-electron chi connectivity index (χ4n) is 8.93. The van der Waals surface area contributed by atoms with Gasteiger partial charge in [-0.05, 0) is 55.3 Å². The van der Waals surface area contributed by atoms with E-state index in [2.05, 4.69) is 18.4 Å². The Morgan fingerprint density at radius 2 is 2.12 bits per heavy atom. The quantitative estimate of drug-likeness (QED) is 0.677. The average Bonchev–Trinajstić information content (AvgIpc) is 3.06. The second-order valence-electron chi connectivity index (χ2n) is 10.6. The zero-order valence-corrected chi connectivity index (χ0v) is 15.9. The standard InChI is InChI=1S/C22H31NO3/c1-13-11-22-16(8-14(13)9-17(22)24)21-5-3-4-20(2,15(21)10-18(22)25)19-23(12-21)6-7-26-19/h14-16,18-19,25H,1,3-12H2,2H3/t14-,15-,16+,18-,19?,20-,21+,22-/m1/s1. The van der Waals surface area contributed by atoms with Gasteiger partial charge in [-0.3, -0.25) is 9.69 Å². The number of allylic oxidation sites excluding steroid dienone is 1. The highest BCUT2D eigenvalue weighted by molar-refractivity contribution is 5.89. The number of carbonyl (C=O) groups is 1. The zero-order valence-electron chi connectivity index (χ0n) is 15.9. The summed E-state index contributed by atoms with van der Waals surface area (Å²) in [6.45, 7) is 9.66. The minimum Gasteiger partial charge on any atom is -0.392 e. The third kappa shape index (κ3) is 1.59. The number of aliphatic hydroxyl groups excluding tert-OH is 1. The van der Waals surface area contributed by atoms with E-state index in [1.165, 1.54) is 24.8 Å². The molecule has 4 heteroatoms. The summed E-state index contributed by atoms with van der Waals surface area (Å²) in [4.78, 5) is 15.9. The fraction of sp³-hybridized carbons (Fsp3) is 0.864. The number of ether oxygens (including phenoxy) is 1. The SMILES string of the molecule is C=C1C[C@]23C(=O)C[C@H]1C[C@H]2[C@@]12CCC[C@@](C)(C4OCCN4C1)[C@H]2C[C@H]3O. The smallest absolute Gasteiger partial charge is 0.142 e. The number of carbonyl (C=O) groups excluding carboxylic acids is 1. The maximum Gasteiger partial charge on any atom is 0.142 e. The molecule has 1 spiro atoms. The molecule has 26 heavy (non-hydrogen) atoms. The van der Waals surface area contributed by atoms with Gasteiger partial charge in [-0.25, -0.2) is 0 Å². The molecule has 0 radical (unpaired) electrons. The van der Waals surface area contributed by atoms with Crippen LogP contribution in [0, 0.1) is 34.0 Å². The minimum atomic E-state index is -0.534. The summed E-state index contributed by atoms with van der Waals surface area (Å²) in [6, 6.07) is 0. The van der Waals surface area contributed by atoms with Gasteiger partial charge in [-0.1, -0.05) is 25.5 Å². The lowest BCUT2D eigenvalue weighted by Crippen LogP contribution is -2.74. The summed E-state index contributed by atoms with van der Waals surface area (Å²) >= 11 is 0. The largest absolute Gasteiger partial charge is 0.392 e. The highest BCUT2D eigenvalue weighted by atomic mass is 16.5. The number of nitrogens with zero attached hydrogens (tertiary/aromatic N) is 1. The maximum atomic E-state index is 13.3. The molecule has 5 saturated carbocycles. The van der Waals surface area contributed by atoms with E-state index in [0.717, 1.165) is 39.0 Å². The number of piperidine rings is 1. The summed E-state index contributed by atoms with van der Waals surface area (Å²) in [5.41, 5.74) is 0.998. The molecule has 2 aliphatic heterocycles. The number of rotatable bonds is 0. The summed E-state index contributed by atoms with van der Waals surface area (Å²) < 4.78 is 6.22. The Labute approximate surface area is 156 Å². The summed E-state index contributed by atoms with van der Waals surface area (Å²) in [7, 11) is 0. The van der Waals surface area contributed by atoms with E-state index in [4.69, 9.17) is 4.74 Å². The molecule has 1 unspecified atom stereocenters. The van der Waals surface area contributed by atoms with Gasteiger partial charge in [-0.15, -0.1) is 0 Å². The number of ketones is 1. The van der Waals surface area contributed by atoms with Crippen LogP contribution in [0.4, 0.5) is 0 Å². The van der Waals surface area contributed by atoms with Crippen LogP contribution in [0.3, 0.4) is 0 Å². The van der Waals surface area contributed by atoms with Crippen molar-refractivity contribution in [1.29, 1.82) is 0 Å². The van der Waals surface area contributed by atoms with Gasteiger partial charge in [0.05, 0.1) is 18.1 Å². The summed E-state index contributed by atoms with van der Waals surface area (Å²) in [5.74, 6) is 1.52. The van der Waals surface area contributed by atoms with E-state index in [9.17, 15) is 9.90 Å². The van der Waals surface area contributed by atoms with E-state index < -0.39 is 11.5 Å². The summed E-state index contributed by atoms with van der Waals surface area (Å²) in [6.07, 6.45) is 6.60. The van der Waals surface area contributed by atoms with Crippen LogP contribution < -0.4 is 0 Å². The molecule has 0 aromatic rings. The second-order valence-corrected chi connectivity index (χ2v) is 10.6. The van der Waals surface area contributed by atoms with Crippen molar-refractivity contribution in [3.05, 3.63) is 12.2 Å². The van der Waals surface area contributed by atoms with Crippen molar-refractivity contribution >= 4 is 5.78 Å².